The Hall–Kier alpha value is -0.570. The molecule has 0 aromatic carbocycles. The van der Waals surface area contributed by atoms with E-state index in [1.54, 1.807) is 0 Å². The van der Waals surface area contributed by atoms with Crippen molar-refractivity contribution in [2.45, 2.75) is 59.8 Å². The van der Waals surface area contributed by atoms with Crippen molar-refractivity contribution in [2.75, 3.05) is 19.6 Å². The van der Waals surface area contributed by atoms with Gasteiger partial charge >= 0.3 is 0 Å². The Kier molecular flexibility index (Phi) is 6.31. The van der Waals surface area contributed by atoms with Crippen molar-refractivity contribution in [1.29, 1.82) is 0 Å². The van der Waals surface area contributed by atoms with Crippen molar-refractivity contribution in [3.63, 3.8) is 0 Å². The molecule has 1 heterocycles. The van der Waals surface area contributed by atoms with Gasteiger partial charge in [0.2, 0.25) is 5.91 Å². The Morgan fingerprint density at radius 3 is 2.37 bits per heavy atom. The van der Waals surface area contributed by atoms with Gasteiger partial charge in [-0.2, -0.15) is 0 Å². The molecular formula is C16H32N2O. The smallest absolute Gasteiger partial charge is 0.222 e. The van der Waals surface area contributed by atoms with Crippen molar-refractivity contribution in [3.8, 4) is 0 Å². The number of nitrogens with two attached hydrogens (primary N) is 1. The van der Waals surface area contributed by atoms with Crippen LogP contribution >= 0.6 is 0 Å². The molecule has 0 spiro atoms. The fourth-order valence-electron chi connectivity index (χ4n) is 3.28. The van der Waals surface area contributed by atoms with Crippen molar-refractivity contribution < 1.29 is 4.79 Å². The molecule has 2 N–H and O–H groups in total. The first-order valence-corrected chi connectivity index (χ1v) is 7.94. The highest BCUT2D eigenvalue weighted by atomic mass is 16.2. The summed E-state index contributed by atoms with van der Waals surface area (Å²) in [5.41, 5.74) is 6.18. The Morgan fingerprint density at radius 1 is 1.32 bits per heavy atom. The first-order chi connectivity index (χ1) is 8.96. The van der Waals surface area contributed by atoms with Gasteiger partial charge in [0.25, 0.3) is 0 Å². The van der Waals surface area contributed by atoms with Crippen LogP contribution in [0.15, 0.2) is 0 Å². The van der Waals surface area contributed by atoms with E-state index in [4.69, 9.17) is 5.73 Å². The molecule has 3 nitrogen and oxygen atoms in total. The highest BCUT2D eigenvalue weighted by molar-refractivity contribution is 5.76. The third-order valence-electron chi connectivity index (χ3n) is 4.89. The molecule has 0 aromatic rings. The minimum atomic E-state index is 0.319. The summed E-state index contributed by atoms with van der Waals surface area (Å²) in [5.74, 6) is 1.29. The first-order valence-electron chi connectivity index (χ1n) is 7.94. The van der Waals surface area contributed by atoms with Gasteiger partial charge in [-0.25, -0.2) is 0 Å². The Morgan fingerprint density at radius 2 is 1.95 bits per heavy atom. The van der Waals surface area contributed by atoms with Crippen LogP contribution in [0.5, 0.6) is 0 Å². The summed E-state index contributed by atoms with van der Waals surface area (Å²) in [6.07, 6.45) is 5.23. The fourth-order valence-corrected chi connectivity index (χ4v) is 3.28. The highest BCUT2D eigenvalue weighted by Crippen LogP contribution is 2.37. The predicted molar refractivity (Wildman–Crippen MR) is 80.8 cm³/mol. The molecule has 1 amide bonds. The van der Waals surface area contributed by atoms with E-state index in [1.807, 2.05) is 0 Å². The van der Waals surface area contributed by atoms with Gasteiger partial charge in [-0.3, -0.25) is 4.79 Å². The van der Waals surface area contributed by atoms with E-state index in [0.29, 0.717) is 36.1 Å². The van der Waals surface area contributed by atoms with Crippen molar-refractivity contribution in [3.05, 3.63) is 0 Å². The van der Waals surface area contributed by atoms with Gasteiger partial charge in [-0.15, -0.1) is 0 Å². The number of hydrogen-bond acceptors (Lipinski definition) is 2. The van der Waals surface area contributed by atoms with Crippen molar-refractivity contribution >= 4 is 5.91 Å². The Labute approximate surface area is 118 Å². The number of rotatable bonds is 7. The number of amides is 1. The first kappa shape index (κ1) is 16.5. The molecule has 0 unspecified atom stereocenters. The third-order valence-corrected chi connectivity index (χ3v) is 4.89. The number of likely N-dealkylation sites (tertiary alicyclic amines) is 1. The van der Waals surface area contributed by atoms with Crippen LogP contribution in [-0.2, 0) is 4.79 Å². The molecule has 1 aliphatic rings. The van der Waals surface area contributed by atoms with Gasteiger partial charge in [0.05, 0.1) is 0 Å². The second-order valence-corrected chi connectivity index (χ2v) is 6.71. The zero-order valence-electron chi connectivity index (χ0n) is 13.2. The van der Waals surface area contributed by atoms with Gasteiger partial charge in [0, 0.05) is 19.5 Å². The SMILES string of the molecule is CCC1(CC)CCN(C(=O)C[C@@H](CN)CC(C)C)C1. The quantitative estimate of drug-likeness (QED) is 0.771. The van der Waals surface area contributed by atoms with Gasteiger partial charge < -0.3 is 10.6 Å². The third kappa shape index (κ3) is 4.48. The molecule has 0 bridgehead atoms. The number of carbonyl (C=O) groups is 1. The summed E-state index contributed by atoms with van der Waals surface area (Å²) < 4.78 is 0. The van der Waals surface area contributed by atoms with E-state index in [0.717, 1.165) is 19.5 Å². The van der Waals surface area contributed by atoms with Crippen LogP contribution in [0.2, 0.25) is 0 Å². The van der Waals surface area contributed by atoms with Crippen LogP contribution < -0.4 is 5.73 Å². The molecule has 112 valence electrons. The normalized spacial score (nSPS) is 20.0. The summed E-state index contributed by atoms with van der Waals surface area (Å²) >= 11 is 0. The second kappa shape index (κ2) is 7.28. The predicted octanol–water partition coefficient (Wildman–Crippen LogP) is 3.04. The van der Waals surface area contributed by atoms with Crippen molar-refractivity contribution in [1.82, 2.24) is 4.90 Å². The standard InChI is InChI=1S/C16H32N2O/c1-5-16(6-2)7-8-18(12-16)15(19)10-14(11-17)9-13(3)4/h13-14H,5-12,17H2,1-4H3/t14-/m0/s1. The zero-order chi connectivity index (χ0) is 14.5. The molecular weight excluding hydrogens is 236 g/mol. The summed E-state index contributed by atoms with van der Waals surface area (Å²) in [7, 11) is 0. The topological polar surface area (TPSA) is 46.3 Å². The molecule has 1 fully saturated rings. The Balaban J connectivity index is 2.50. The minimum absolute atomic E-state index is 0.319. The average molecular weight is 268 g/mol. The van der Waals surface area contributed by atoms with Gasteiger partial charge in [-0.05, 0) is 49.5 Å². The van der Waals surface area contributed by atoms with E-state index in [-0.39, 0.29) is 0 Å². The van der Waals surface area contributed by atoms with E-state index in [2.05, 4.69) is 32.6 Å². The lowest BCUT2D eigenvalue weighted by Gasteiger charge is -2.27. The van der Waals surface area contributed by atoms with Crippen LogP contribution in [0.1, 0.15) is 59.8 Å². The largest absolute Gasteiger partial charge is 0.342 e. The van der Waals surface area contributed by atoms with Gasteiger partial charge in [-0.1, -0.05) is 27.7 Å². The van der Waals surface area contributed by atoms with Gasteiger partial charge in [0.15, 0.2) is 0 Å². The molecule has 0 aromatic heterocycles. The summed E-state index contributed by atoms with van der Waals surface area (Å²) in [5, 5.41) is 0. The molecule has 1 rings (SSSR count). The Bertz CT molecular complexity index is 284. The monoisotopic (exact) mass is 268 g/mol. The molecule has 1 aliphatic heterocycles. The summed E-state index contributed by atoms with van der Waals surface area (Å²) in [4.78, 5) is 14.5. The van der Waals surface area contributed by atoms with Gasteiger partial charge in [0.1, 0.15) is 0 Å². The van der Waals surface area contributed by atoms with Crippen LogP contribution in [-0.4, -0.2) is 30.4 Å². The molecule has 0 aliphatic carbocycles. The van der Waals surface area contributed by atoms with E-state index in [9.17, 15) is 4.79 Å². The highest BCUT2D eigenvalue weighted by Gasteiger charge is 2.37. The van der Waals surface area contributed by atoms with Crippen LogP contribution in [0.4, 0.5) is 0 Å². The summed E-state index contributed by atoms with van der Waals surface area (Å²) in [6, 6.07) is 0. The maximum Gasteiger partial charge on any atom is 0.222 e. The van der Waals surface area contributed by atoms with E-state index in [1.165, 1.54) is 19.3 Å². The number of carbonyl (C=O) groups excluding carboxylic acids is 1. The minimum Gasteiger partial charge on any atom is -0.342 e. The molecule has 0 saturated carbocycles. The van der Waals surface area contributed by atoms with E-state index < -0.39 is 0 Å². The lowest BCUT2D eigenvalue weighted by molar-refractivity contribution is -0.131. The molecule has 0 radical (unpaired) electrons. The van der Waals surface area contributed by atoms with E-state index >= 15 is 0 Å². The molecule has 1 saturated heterocycles. The zero-order valence-corrected chi connectivity index (χ0v) is 13.2. The molecule has 3 heteroatoms. The lowest BCUT2D eigenvalue weighted by atomic mass is 9.82. The van der Waals surface area contributed by atoms with Crippen LogP contribution in [0.25, 0.3) is 0 Å². The average Bonchev–Trinajstić information content (AvgIpc) is 2.82. The maximum atomic E-state index is 12.4. The maximum absolute atomic E-state index is 12.4. The summed E-state index contributed by atoms with van der Waals surface area (Å²) in [6.45, 7) is 11.4. The van der Waals surface area contributed by atoms with Crippen LogP contribution in [0, 0.1) is 17.3 Å². The number of nitrogens with zero attached hydrogens (tertiary/aromatic N) is 1. The van der Waals surface area contributed by atoms with Crippen LogP contribution in [0.3, 0.4) is 0 Å². The van der Waals surface area contributed by atoms with Crippen molar-refractivity contribution in [2.24, 2.45) is 23.0 Å². The lowest BCUT2D eigenvalue weighted by Crippen LogP contribution is -2.34. The number of hydrogen-bond donors (Lipinski definition) is 1. The second-order valence-electron chi connectivity index (χ2n) is 6.71. The molecule has 1 atom stereocenters. The fraction of sp³-hybridized carbons (Fsp3) is 0.938. The molecule has 19 heavy (non-hydrogen) atoms.